The fourth-order valence-corrected chi connectivity index (χ4v) is 3.94. The zero-order chi connectivity index (χ0) is 19.2. The van der Waals surface area contributed by atoms with Crippen molar-refractivity contribution in [2.45, 2.75) is 25.4 Å². The van der Waals surface area contributed by atoms with Crippen LogP contribution in [0.15, 0.2) is 54.6 Å². The minimum atomic E-state index is 0.0474. The van der Waals surface area contributed by atoms with Crippen molar-refractivity contribution in [1.29, 1.82) is 0 Å². The smallest absolute Gasteiger partial charge is 0.223 e. The second-order valence-electron chi connectivity index (χ2n) is 7.60. The molecule has 0 bridgehead atoms. The first-order valence-electron chi connectivity index (χ1n) is 10.2. The van der Waals surface area contributed by atoms with E-state index < -0.39 is 0 Å². The van der Waals surface area contributed by atoms with Crippen molar-refractivity contribution in [3.63, 3.8) is 0 Å². The van der Waals surface area contributed by atoms with Crippen LogP contribution in [0.4, 0.5) is 0 Å². The van der Waals surface area contributed by atoms with Gasteiger partial charge in [-0.05, 0) is 50.0 Å². The van der Waals surface area contributed by atoms with Crippen molar-refractivity contribution < 1.29 is 14.3 Å². The maximum atomic E-state index is 12.4. The summed E-state index contributed by atoms with van der Waals surface area (Å²) in [6.07, 6.45) is 2.74. The Bertz CT molecular complexity index is 772. The van der Waals surface area contributed by atoms with Crippen LogP contribution in [0.2, 0.25) is 0 Å². The lowest BCUT2D eigenvalue weighted by Gasteiger charge is -2.35. The van der Waals surface area contributed by atoms with E-state index in [-0.39, 0.29) is 17.9 Å². The molecule has 28 heavy (non-hydrogen) atoms. The molecule has 2 aromatic rings. The summed E-state index contributed by atoms with van der Waals surface area (Å²) in [5.41, 5.74) is 1.26. The number of hydrogen-bond acceptors (Lipinski definition) is 4. The zero-order valence-corrected chi connectivity index (χ0v) is 16.2. The molecule has 1 saturated heterocycles. The summed E-state index contributed by atoms with van der Waals surface area (Å²) >= 11 is 0. The Hall–Kier alpha value is -2.53. The Morgan fingerprint density at radius 2 is 1.71 bits per heavy atom. The van der Waals surface area contributed by atoms with Crippen LogP contribution in [0.1, 0.15) is 18.4 Å². The van der Waals surface area contributed by atoms with Gasteiger partial charge >= 0.3 is 0 Å². The first-order valence-corrected chi connectivity index (χ1v) is 10.2. The standard InChI is InChI=1S/C23H28N2O3/c26-23(24-13-10-18-6-2-1-3-7-18)19-11-14-25(15-12-19)16-20-17-27-21-8-4-5-9-22(21)28-20/h1-9,19-20H,10-17H2,(H,24,26). The maximum absolute atomic E-state index is 12.4. The van der Waals surface area contributed by atoms with Gasteiger partial charge in [-0.3, -0.25) is 9.69 Å². The quantitative estimate of drug-likeness (QED) is 0.837. The average Bonchev–Trinajstić information content (AvgIpc) is 2.75. The summed E-state index contributed by atoms with van der Waals surface area (Å²) in [7, 11) is 0. The molecule has 0 aromatic heterocycles. The molecule has 5 nitrogen and oxygen atoms in total. The fraction of sp³-hybridized carbons (Fsp3) is 0.435. The van der Waals surface area contributed by atoms with E-state index in [1.165, 1.54) is 5.56 Å². The summed E-state index contributed by atoms with van der Waals surface area (Å²) in [6.45, 7) is 3.99. The fourth-order valence-electron chi connectivity index (χ4n) is 3.94. The van der Waals surface area contributed by atoms with E-state index in [0.717, 1.165) is 50.4 Å². The third-order valence-corrected chi connectivity index (χ3v) is 5.54. The maximum Gasteiger partial charge on any atom is 0.223 e. The summed E-state index contributed by atoms with van der Waals surface area (Å²) in [5.74, 6) is 1.97. The number of ether oxygens (including phenoxy) is 2. The first-order chi connectivity index (χ1) is 13.8. The number of carbonyl (C=O) groups is 1. The highest BCUT2D eigenvalue weighted by molar-refractivity contribution is 5.78. The molecular weight excluding hydrogens is 352 g/mol. The molecule has 1 unspecified atom stereocenters. The van der Waals surface area contributed by atoms with Gasteiger partial charge in [-0.2, -0.15) is 0 Å². The Labute approximate surface area is 166 Å². The molecule has 0 aliphatic carbocycles. The number of fused-ring (bicyclic) bond motifs is 1. The summed E-state index contributed by atoms with van der Waals surface area (Å²) in [6, 6.07) is 18.1. The number of amides is 1. The molecule has 2 aliphatic rings. The SMILES string of the molecule is O=C(NCCc1ccccc1)C1CCN(CC2COc3ccccc3O2)CC1. The van der Waals surface area contributed by atoms with Gasteiger partial charge in [-0.15, -0.1) is 0 Å². The molecule has 0 saturated carbocycles. The van der Waals surface area contributed by atoms with Gasteiger partial charge in [-0.1, -0.05) is 42.5 Å². The van der Waals surface area contributed by atoms with Crippen molar-refractivity contribution in [3.05, 3.63) is 60.2 Å². The van der Waals surface area contributed by atoms with E-state index >= 15 is 0 Å². The van der Waals surface area contributed by atoms with Crippen molar-refractivity contribution in [3.8, 4) is 11.5 Å². The molecule has 2 heterocycles. The van der Waals surface area contributed by atoms with Gasteiger partial charge in [0.05, 0.1) is 0 Å². The zero-order valence-electron chi connectivity index (χ0n) is 16.2. The molecule has 2 aliphatic heterocycles. The predicted octanol–water partition coefficient (Wildman–Crippen LogP) is 2.90. The number of benzene rings is 2. The lowest BCUT2D eigenvalue weighted by atomic mass is 9.95. The highest BCUT2D eigenvalue weighted by Crippen LogP contribution is 2.31. The molecular formula is C23H28N2O3. The number of para-hydroxylation sites is 2. The van der Waals surface area contributed by atoms with Crippen LogP contribution in [0.25, 0.3) is 0 Å². The Morgan fingerprint density at radius 1 is 1.00 bits per heavy atom. The van der Waals surface area contributed by atoms with Gasteiger partial charge in [0.1, 0.15) is 12.7 Å². The molecule has 0 spiro atoms. The normalized spacial score (nSPS) is 19.9. The van der Waals surface area contributed by atoms with E-state index in [9.17, 15) is 4.79 Å². The van der Waals surface area contributed by atoms with E-state index in [2.05, 4.69) is 22.3 Å². The number of likely N-dealkylation sites (tertiary alicyclic amines) is 1. The molecule has 5 heteroatoms. The lowest BCUT2D eigenvalue weighted by molar-refractivity contribution is -0.126. The molecule has 2 aromatic carbocycles. The third-order valence-electron chi connectivity index (χ3n) is 5.54. The number of carbonyl (C=O) groups excluding carboxylic acids is 1. The highest BCUT2D eigenvalue weighted by Gasteiger charge is 2.28. The molecule has 4 rings (SSSR count). The monoisotopic (exact) mass is 380 g/mol. The van der Waals surface area contributed by atoms with E-state index in [1.807, 2.05) is 42.5 Å². The molecule has 1 amide bonds. The second kappa shape index (κ2) is 9.11. The van der Waals surface area contributed by atoms with Crippen LogP contribution in [0.5, 0.6) is 11.5 Å². The van der Waals surface area contributed by atoms with Gasteiger partial charge in [0, 0.05) is 19.0 Å². The number of hydrogen-bond donors (Lipinski definition) is 1. The van der Waals surface area contributed by atoms with E-state index in [0.29, 0.717) is 13.2 Å². The van der Waals surface area contributed by atoms with Gasteiger partial charge < -0.3 is 14.8 Å². The van der Waals surface area contributed by atoms with Gasteiger partial charge in [0.2, 0.25) is 5.91 Å². The third kappa shape index (κ3) is 4.84. The molecule has 148 valence electrons. The van der Waals surface area contributed by atoms with Gasteiger partial charge in [0.25, 0.3) is 0 Å². The highest BCUT2D eigenvalue weighted by atomic mass is 16.6. The number of piperidine rings is 1. The Kier molecular flexibility index (Phi) is 6.12. The van der Waals surface area contributed by atoms with Gasteiger partial charge in [0.15, 0.2) is 11.5 Å². The first kappa shape index (κ1) is 18.8. The lowest BCUT2D eigenvalue weighted by Crippen LogP contribution is -2.46. The number of nitrogens with one attached hydrogen (secondary N) is 1. The van der Waals surface area contributed by atoms with E-state index in [4.69, 9.17) is 9.47 Å². The number of rotatable bonds is 6. The summed E-state index contributed by atoms with van der Waals surface area (Å²) < 4.78 is 11.9. The van der Waals surface area contributed by atoms with Gasteiger partial charge in [-0.25, -0.2) is 0 Å². The Morgan fingerprint density at radius 3 is 2.50 bits per heavy atom. The van der Waals surface area contributed by atoms with Crippen LogP contribution < -0.4 is 14.8 Å². The van der Waals surface area contributed by atoms with Crippen LogP contribution >= 0.6 is 0 Å². The van der Waals surface area contributed by atoms with Crippen LogP contribution in [0.3, 0.4) is 0 Å². The van der Waals surface area contributed by atoms with Crippen molar-refractivity contribution in [1.82, 2.24) is 10.2 Å². The number of nitrogens with zero attached hydrogens (tertiary/aromatic N) is 1. The van der Waals surface area contributed by atoms with E-state index in [1.54, 1.807) is 0 Å². The van der Waals surface area contributed by atoms with Crippen LogP contribution in [-0.2, 0) is 11.2 Å². The van der Waals surface area contributed by atoms with Crippen LogP contribution in [-0.4, -0.2) is 49.7 Å². The second-order valence-corrected chi connectivity index (χ2v) is 7.60. The van der Waals surface area contributed by atoms with Crippen LogP contribution in [0, 0.1) is 5.92 Å². The summed E-state index contributed by atoms with van der Waals surface area (Å²) in [4.78, 5) is 14.8. The van der Waals surface area contributed by atoms with Crippen molar-refractivity contribution in [2.75, 3.05) is 32.8 Å². The molecule has 1 N–H and O–H groups in total. The Balaban J connectivity index is 1.17. The molecule has 0 radical (unpaired) electrons. The average molecular weight is 380 g/mol. The van der Waals surface area contributed by atoms with Crippen molar-refractivity contribution in [2.24, 2.45) is 5.92 Å². The molecule has 1 atom stereocenters. The topological polar surface area (TPSA) is 50.8 Å². The minimum absolute atomic E-state index is 0.0474. The molecule has 1 fully saturated rings. The summed E-state index contributed by atoms with van der Waals surface area (Å²) in [5, 5.41) is 3.11. The minimum Gasteiger partial charge on any atom is -0.486 e. The predicted molar refractivity (Wildman–Crippen MR) is 109 cm³/mol. The van der Waals surface area contributed by atoms with Crippen molar-refractivity contribution >= 4 is 5.91 Å². The largest absolute Gasteiger partial charge is 0.486 e.